The second-order valence-corrected chi connectivity index (χ2v) is 4.72. The van der Waals surface area contributed by atoms with Crippen molar-refractivity contribution < 1.29 is 14.3 Å². The number of ether oxygens (including phenoxy) is 1. The fourth-order valence-corrected chi connectivity index (χ4v) is 1.98. The molecule has 3 atom stereocenters. The van der Waals surface area contributed by atoms with Gasteiger partial charge in [-0.2, -0.15) is 0 Å². The van der Waals surface area contributed by atoms with Gasteiger partial charge < -0.3 is 21.1 Å². The maximum Gasteiger partial charge on any atom is 0.230 e. The Morgan fingerprint density at radius 2 is 2.44 bits per heavy atom. The van der Waals surface area contributed by atoms with E-state index in [1.165, 1.54) is 0 Å². The van der Waals surface area contributed by atoms with Crippen LogP contribution in [-0.2, 0) is 14.3 Å². The second kappa shape index (κ2) is 4.03. The lowest BCUT2D eigenvalue weighted by molar-refractivity contribution is -0.131. The molecule has 2 aliphatic heterocycles. The van der Waals surface area contributed by atoms with E-state index in [9.17, 15) is 9.59 Å². The third-order valence-corrected chi connectivity index (χ3v) is 3.35. The summed E-state index contributed by atoms with van der Waals surface area (Å²) in [4.78, 5) is 23.0. The van der Waals surface area contributed by atoms with Gasteiger partial charge in [0.25, 0.3) is 0 Å². The van der Waals surface area contributed by atoms with E-state index < -0.39 is 5.41 Å². The van der Waals surface area contributed by atoms with E-state index in [4.69, 9.17) is 10.5 Å². The van der Waals surface area contributed by atoms with Crippen molar-refractivity contribution in [2.24, 2.45) is 11.1 Å². The average molecular weight is 227 g/mol. The van der Waals surface area contributed by atoms with Gasteiger partial charge in [-0.1, -0.05) is 0 Å². The molecule has 6 heteroatoms. The summed E-state index contributed by atoms with van der Waals surface area (Å²) in [6.07, 6.45) is 0.345. The lowest BCUT2D eigenvalue weighted by Crippen LogP contribution is -2.52. The van der Waals surface area contributed by atoms with Crippen LogP contribution >= 0.6 is 0 Å². The van der Waals surface area contributed by atoms with Crippen LogP contribution in [0.2, 0.25) is 0 Å². The van der Waals surface area contributed by atoms with Gasteiger partial charge in [0.1, 0.15) is 0 Å². The Hall–Kier alpha value is -1.14. The summed E-state index contributed by atoms with van der Waals surface area (Å²) in [5, 5.41) is 5.51. The molecule has 2 rings (SSSR count). The standard InChI is InChI=1S/C10H17N3O3/c1-10(5-16-4-7(10)11)9(15)13-6-2-8(14)12-3-6/h6-7H,2-5,11H2,1H3,(H,12,14)(H,13,15). The fourth-order valence-electron chi connectivity index (χ4n) is 1.98. The number of hydrogen-bond donors (Lipinski definition) is 3. The summed E-state index contributed by atoms with van der Waals surface area (Å²) < 4.78 is 5.21. The molecule has 2 aliphatic rings. The number of nitrogens with one attached hydrogen (secondary N) is 2. The summed E-state index contributed by atoms with van der Waals surface area (Å²) in [7, 11) is 0. The molecule has 0 aromatic rings. The van der Waals surface area contributed by atoms with Gasteiger partial charge in [0.05, 0.1) is 24.7 Å². The first-order chi connectivity index (χ1) is 7.52. The molecule has 16 heavy (non-hydrogen) atoms. The number of carbonyl (C=O) groups excluding carboxylic acids is 2. The van der Waals surface area contributed by atoms with Gasteiger partial charge in [-0.25, -0.2) is 0 Å². The highest BCUT2D eigenvalue weighted by molar-refractivity contribution is 5.86. The predicted molar refractivity (Wildman–Crippen MR) is 56.5 cm³/mol. The summed E-state index contributed by atoms with van der Waals surface area (Å²) in [5.41, 5.74) is 5.17. The van der Waals surface area contributed by atoms with E-state index >= 15 is 0 Å². The average Bonchev–Trinajstić information content (AvgIpc) is 2.76. The topological polar surface area (TPSA) is 93.5 Å². The van der Waals surface area contributed by atoms with Gasteiger partial charge in [-0.15, -0.1) is 0 Å². The van der Waals surface area contributed by atoms with E-state index in [2.05, 4.69) is 10.6 Å². The zero-order valence-corrected chi connectivity index (χ0v) is 9.29. The monoisotopic (exact) mass is 227 g/mol. The number of rotatable bonds is 2. The van der Waals surface area contributed by atoms with E-state index in [1.807, 2.05) is 0 Å². The highest BCUT2D eigenvalue weighted by Gasteiger charge is 2.45. The van der Waals surface area contributed by atoms with E-state index in [0.717, 1.165) is 0 Å². The molecular formula is C10H17N3O3. The summed E-state index contributed by atoms with van der Waals surface area (Å²) in [5.74, 6) is -0.151. The lowest BCUT2D eigenvalue weighted by atomic mass is 9.84. The largest absolute Gasteiger partial charge is 0.379 e. The van der Waals surface area contributed by atoms with Crippen molar-refractivity contribution in [1.29, 1.82) is 0 Å². The van der Waals surface area contributed by atoms with Crippen LogP contribution in [0.25, 0.3) is 0 Å². The van der Waals surface area contributed by atoms with Crippen LogP contribution in [0.4, 0.5) is 0 Å². The molecular weight excluding hydrogens is 210 g/mol. The van der Waals surface area contributed by atoms with Gasteiger partial charge in [-0.05, 0) is 6.92 Å². The van der Waals surface area contributed by atoms with E-state index in [1.54, 1.807) is 6.92 Å². The molecule has 0 bridgehead atoms. The van der Waals surface area contributed by atoms with Crippen LogP contribution in [0.5, 0.6) is 0 Å². The van der Waals surface area contributed by atoms with Crippen LogP contribution in [0.1, 0.15) is 13.3 Å². The number of amides is 2. The quantitative estimate of drug-likeness (QED) is 0.527. The van der Waals surface area contributed by atoms with Crippen molar-refractivity contribution >= 4 is 11.8 Å². The fraction of sp³-hybridized carbons (Fsp3) is 0.800. The van der Waals surface area contributed by atoms with Crippen molar-refractivity contribution in [1.82, 2.24) is 10.6 Å². The van der Waals surface area contributed by atoms with Crippen LogP contribution in [0.3, 0.4) is 0 Å². The minimum absolute atomic E-state index is 0.0255. The van der Waals surface area contributed by atoms with Gasteiger partial charge in [-0.3, -0.25) is 9.59 Å². The maximum atomic E-state index is 12.0. The van der Waals surface area contributed by atoms with E-state index in [-0.39, 0.29) is 23.9 Å². The number of hydrogen-bond acceptors (Lipinski definition) is 4. The first kappa shape index (κ1) is 11.3. The molecule has 2 amide bonds. The molecule has 0 aromatic heterocycles. The van der Waals surface area contributed by atoms with Crippen LogP contribution < -0.4 is 16.4 Å². The molecule has 90 valence electrons. The first-order valence-electron chi connectivity index (χ1n) is 5.43. The molecule has 0 spiro atoms. The van der Waals surface area contributed by atoms with E-state index in [0.29, 0.717) is 26.2 Å². The third kappa shape index (κ3) is 1.90. The normalized spacial score (nSPS) is 38.5. The maximum absolute atomic E-state index is 12.0. The lowest BCUT2D eigenvalue weighted by Gasteiger charge is -2.26. The predicted octanol–water partition coefficient (Wildman–Crippen LogP) is -1.65. The highest BCUT2D eigenvalue weighted by atomic mass is 16.5. The van der Waals surface area contributed by atoms with Crippen LogP contribution in [0, 0.1) is 5.41 Å². The SMILES string of the molecule is CC1(C(=O)NC2CNC(=O)C2)COCC1N. The molecule has 2 fully saturated rings. The number of nitrogens with two attached hydrogens (primary N) is 1. The molecule has 2 saturated heterocycles. The Kier molecular flexibility index (Phi) is 2.86. The minimum atomic E-state index is -0.675. The molecule has 0 aliphatic carbocycles. The van der Waals surface area contributed by atoms with Crippen molar-refractivity contribution in [3.8, 4) is 0 Å². The molecule has 6 nitrogen and oxygen atoms in total. The first-order valence-corrected chi connectivity index (χ1v) is 5.43. The molecule has 0 radical (unpaired) electrons. The zero-order valence-electron chi connectivity index (χ0n) is 9.29. The third-order valence-electron chi connectivity index (χ3n) is 3.35. The van der Waals surface area contributed by atoms with Crippen molar-refractivity contribution in [3.05, 3.63) is 0 Å². The van der Waals surface area contributed by atoms with Gasteiger partial charge in [0, 0.05) is 19.0 Å². The Balaban J connectivity index is 1.95. The van der Waals surface area contributed by atoms with Crippen molar-refractivity contribution in [3.63, 3.8) is 0 Å². The van der Waals surface area contributed by atoms with Crippen LogP contribution in [0.15, 0.2) is 0 Å². The van der Waals surface area contributed by atoms with Gasteiger partial charge in [0.2, 0.25) is 11.8 Å². The zero-order chi connectivity index (χ0) is 11.8. The molecule has 2 heterocycles. The second-order valence-electron chi connectivity index (χ2n) is 4.72. The van der Waals surface area contributed by atoms with Crippen LogP contribution in [-0.4, -0.2) is 43.7 Å². The summed E-state index contributed by atoms with van der Waals surface area (Å²) in [6.45, 7) is 3.04. The van der Waals surface area contributed by atoms with Gasteiger partial charge in [0.15, 0.2) is 0 Å². The smallest absolute Gasteiger partial charge is 0.230 e. The molecule has 0 aromatic carbocycles. The van der Waals surface area contributed by atoms with Crippen molar-refractivity contribution in [2.75, 3.05) is 19.8 Å². The van der Waals surface area contributed by atoms with Gasteiger partial charge >= 0.3 is 0 Å². The Morgan fingerprint density at radius 3 is 2.94 bits per heavy atom. The number of carbonyl (C=O) groups is 2. The summed E-state index contributed by atoms with van der Waals surface area (Å²) in [6, 6.07) is -0.401. The minimum Gasteiger partial charge on any atom is -0.379 e. The molecule has 3 unspecified atom stereocenters. The highest BCUT2D eigenvalue weighted by Crippen LogP contribution is 2.27. The molecule has 4 N–H and O–H groups in total. The van der Waals surface area contributed by atoms with Crippen molar-refractivity contribution in [2.45, 2.75) is 25.4 Å². The Morgan fingerprint density at radius 1 is 1.69 bits per heavy atom. The Bertz CT molecular complexity index is 320. The molecule has 0 saturated carbocycles. The summed E-state index contributed by atoms with van der Waals surface area (Å²) >= 11 is 0. The Labute approximate surface area is 93.9 Å².